The van der Waals surface area contributed by atoms with Crippen molar-refractivity contribution in [3.63, 3.8) is 0 Å². The fraction of sp³-hybridized carbons (Fsp3) is 0.417. The summed E-state index contributed by atoms with van der Waals surface area (Å²) < 4.78 is 19.4. The summed E-state index contributed by atoms with van der Waals surface area (Å²) in [6.45, 7) is 0.535. The largest absolute Gasteiger partial charge is 0.490 e. The van der Waals surface area contributed by atoms with Gasteiger partial charge in [0.25, 0.3) is 0 Å². The molecule has 1 aliphatic rings. The summed E-state index contributed by atoms with van der Waals surface area (Å²) in [6.07, 6.45) is 3.50. The Morgan fingerprint density at radius 2 is 2.24 bits per heavy atom. The summed E-state index contributed by atoms with van der Waals surface area (Å²) >= 11 is 3.09. The Hall–Kier alpha value is -1.10. The first-order valence-corrected chi connectivity index (χ1v) is 6.34. The highest BCUT2D eigenvalue weighted by molar-refractivity contribution is 9.10. The molecular formula is C12H14BrFN2O. The molecule has 0 saturated heterocycles. The van der Waals surface area contributed by atoms with Crippen LogP contribution in [-0.2, 0) is 0 Å². The molecule has 0 heterocycles. The van der Waals surface area contributed by atoms with Crippen LogP contribution in [0, 0.1) is 17.1 Å². The number of amidine groups is 1. The van der Waals surface area contributed by atoms with Gasteiger partial charge in [0.2, 0.25) is 0 Å². The highest BCUT2D eigenvalue weighted by Crippen LogP contribution is 2.33. The third kappa shape index (κ3) is 2.97. The Kier molecular flexibility index (Phi) is 3.66. The summed E-state index contributed by atoms with van der Waals surface area (Å²) in [5, 5.41) is 7.29. The molecule has 5 heteroatoms. The number of ether oxygens (including phenoxy) is 1. The van der Waals surface area contributed by atoms with Crippen LogP contribution in [0.1, 0.15) is 24.8 Å². The van der Waals surface area contributed by atoms with Gasteiger partial charge in [-0.15, -0.1) is 0 Å². The molecule has 1 aromatic carbocycles. The van der Waals surface area contributed by atoms with Gasteiger partial charge in [0, 0.05) is 5.56 Å². The van der Waals surface area contributed by atoms with E-state index in [-0.39, 0.29) is 16.1 Å². The Balaban J connectivity index is 2.06. The summed E-state index contributed by atoms with van der Waals surface area (Å²) in [5.41, 5.74) is 5.67. The SMILES string of the molecule is N=C(N)c1ccc(OCCC2CC2)c(F)c1Br. The van der Waals surface area contributed by atoms with E-state index in [0.717, 1.165) is 12.3 Å². The van der Waals surface area contributed by atoms with Gasteiger partial charge in [-0.3, -0.25) is 5.41 Å². The van der Waals surface area contributed by atoms with E-state index in [9.17, 15) is 4.39 Å². The zero-order valence-electron chi connectivity index (χ0n) is 9.30. The van der Waals surface area contributed by atoms with Gasteiger partial charge in [0.05, 0.1) is 11.1 Å². The molecule has 3 N–H and O–H groups in total. The van der Waals surface area contributed by atoms with E-state index < -0.39 is 5.82 Å². The molecule has 92 valence electrons. The zero-order valence-corrected chi connectivity index (χ0v) is 10.9. The van der Waals surface area contributed by atoms with Gasteiger partial charge in [-0.05, 0) is 40.4 Å². The Morgan fingerprint density at radius 3 is 2.82 bits per heavy atom. The van der Waals surface area contributed by atoms with Gasteiger partial charge >= 0.3 is 0 Å². The maximum atomic E-state index is 13.8. The number of rotatable bonds is 5. The fourth-order valence-corrected chi connectivity index (χ4v) is 2.13. The van der Waals surface area contributed by atoms with Crippen molar-refractivity contribution in [3.05, 3.63) is 28.0 Å². The predicted octanol–water partition coefficient (Wildman–Crippen LogP) is 3.05. The molecule has 0 spiro atoms. The normalized spacial score (nSPS) is 14.7. The van der Waals surface area contributed by atoms with Crippen LogP contribution < -0.4 is 10.5 Å². The predicted molar refractivity (Wildman–Crippen MR) is 68.0 cm³/mol. The first-order valence-electron chi connectivity index (χ1n) is 5.54. The lowest BCUT2D eigenvalue weighted by molar-refractivity contribution is 0.287. The smallest absolute Gasteiger partial charge is 0.179 e. The first kappa shape index (κ1) is 12.4. The quantitative estimate of drug-likeness (QED) is 0.648. The summed E-state index contributed by atoms with van der Waals surface area (Å²) in [7, 11) is 0. The maximum Gasteiger partial charge on any atom is 0.179 e. The molecule has 0 radical (unpaired) electrons. The molecule has 0 aliphatic heterocycles. The first-order chi connectivity index (χ1) is 8.09. The number of nitrogens with one attached hydrogen (secondary N) is 1. The summed E-state index contributed by atoms with van der Waals surface area (Å²) in [6, 6.07) is 3.10. The fourth-order valence-electron chi connectivity index (χ4n) is 1.59. The molecule has 0 unspecified atom stereocenters. The standard InChI is InChI=1S/C12H14BrFN2O/c13-10-8(12(15)16)3-4-9(11(10)14)17-6-5-7-1-2-7/h3-4,7H,1-2,5-6H2,(H3,15,16). The second-order valence-corrected chi connectivity index (χ2v) is 5.03. The Labute approximate surface area is 108 Å². The van der Waals surface area contributed by atoms with Crippen molar-refractivity contribution in [1.29, 1.82) is 5.41 Å². The van der Waals surface area contributed by atoms with E-state index >= 15 is 0 Å². The molecular weight excluding hydrogens is 287 g/mol. The molecule has 0 atom stereocenters. The lowest BCUT2D eigenvalue weighted by Gasteiger charge is -2.10. The van der Waals surface area contributed by atoms with E-state index in [1.165, 1.54) is 18.9 Å². The zero-order chi connectivity index (χ0) is 12.4. The molecule has 1 aromatic rings. The van der Waals surface area contributed by atoms with Crippen LogP contribution in [0.15, 0.2) is 16.6 Å². The number of nitrogens with two attached hydrogens (primary N) is 1. The van der Waals surface area contributed by atoms with Crippen LogP contribution in [0.3, 0.4) is 0 Å². The van der Waals surface area contributed by atoms with E-state index in [0.29, 0.717) is 12.2 Å². The van der Waals surface area contributed by atoms with Gasteiger partial charge in [0.15, 0.2) is 11.6 Å². The topological polar surface area (TPSA) is 59.1 Å². The third-order valence-electron chi connectivity index (χ3n) is 2.82. The van der Waals surface area contributed by atoms with Crippen LogP contribution in [-0.4, -0.2) is 12.4 Å². The minimum atomic E-state index is -0.492. The monoisotopic (exact) mass is 300 g/mol. The van der Waals surface area contributed by atoms with Crippen molar-refractivity contribution in [2.24, 2.45) is 11.7 Å². The third-order valence-corrected chi connectivity index (χ3v) is 3.59. The van der Waals surface area contributed by atoms with Gasteiger partial charge in [-0.1, -0.05) is 12.8 Å². The molecule has 1 fully saturated rings. The van der Waals surface area contributed by atoms with Crippen molar-refractivity contribution < 1.29 is 9.13 Å². The number of nitrogen functional groups attached to an aromatic ring is 1. The van der Waals surface area contributed by atoms with Gasteiger partial charge in [-0.25, -0.2) is 4.39 Å². The van der Waals surface area contributed by atoms with Crippen LogP contribution >= 0.6 is 15.9 Å². The summed E-state index contributed by atoms with van der Waals surface area (Å²) in [4.78, 5) is 0. The lowest BCUT2D eigenvalue weighted by atomic mass is 10.2. The lowest BCUT2D eigenvalue weighted by Crippen LogP contribution is -2.13. The van der Waals surface area contributed by atoms with Crippen molar-refractivity contribution in [2.75, 3.05) is 6.61 Å². The average Bonchev–Trinajstić information content (AvgIpc) is 3.08. The van der Waals surface area contributed by atoms with E-state index in [1.54, 1.807) is 6.07 Å². The molecule has 0 aromatic heterocycles. The Bertz CT molecular complexity index is 446. The number of hydrogen-bond acceptors (Lipinski definition) is 2. The van der Waals surface area contributed by atoms with E-state index in [1.807, 2.05) is 0 Å². The second-order valence-electron chi connectivity index (χ2n) is 4.23. The van der Waals surface area contributed by atoms with Crippen molar-refractivity contribution in [1.82, 2.24) is 0 Å². The molecule has 0 bridgehead atoms. The van der Waals surface area contributed by atoms with Crippen molar-refractivity contribution >= 4 is 21.8 Å². The van der Waals surface area contributed by atoms with E-state index in [4.69, 9.17) is 15.9 Å². The molecule has 0 amide bonds. The van der Waals surface area contributed by atoms with Crippen molar-refractivity contribution in [3.8, 4) is 5.75 Å². The molecule has 3 nitrogen and oxygen atoms in total. The van der Waals surface area contributed by atoms with E-state index in [2.05, 4.69) is 15.9 Å². The Morgan fingerprint density at radius 1 is 1.53 bits per heavy atom. The highest BCUT2D eigenvalue weighted by atomic mass is 79.9. The molecule has 17 heavy (non-hydrogen) atoms. The van der Waals surface area contributed by atoms with Gasteiger partial charge in [0.1, 0.15) is 5.84 Å². The molecule has 1 saturated carbocycles. The van der Waals surface area contributed by atoms with Crippen LogP contribution in [0.25, 0.3) is 0 Å². The van der Waals surface area contributed by atoms with Crippen molar-refractivity contribution in [2.45, 2.75) is 19.3 Å². The minimum absolute atomic E-state index is 0.166. The number of benzene rings is 1. The maximum absolute atomic E-state index is 13.8. The van der Waals surface area contributed by atoms with Gasteiger partial charge < -0.3 is 10.5 Å². The van der Waals surface area contributed by atoms with Crippen LogP contribution in [0.5, 0.6) is 5.75 Å². The molecule has 1 aliphatic carbocycles. The van der Waals surface area contributed by atoms with Crippen LogP contribution in [0.2, 0.25) is 0 Å². The average molecular weight is 301 g/mol. The minimum Gasteiger partial charge on any atom is -0.490 e. The number of hydrogen-bond donors (Lipinski definition) is 2. The van der Waals surface area contributed by atoms with Crippen LogP contribution in [0.4, 0.5) is 4.39 Å². The number of halogens is 2. The van der Waals surface area contributed by atoms with Gasteiger partial charge in [-0.2, -0.15) is 0 Å². The molecule has 2 rings (SSSR count). The second kappa shape index (κ2) is 5.04. The summed E-state index contributed by atoms with van der Waals surface area (Å²) in [5.74, 6) is 0.314. The highest BCUT2D eigenvalue weighted by Gasteiger charge is 2.21.